The van der Waals surface area contributed by atoms with Crippen LogP contribution in [0.3, 0.4) is 0 Å². The molecule has 1 aliphatic carbocycles. The first kappa shape index (κ1) is 12.0. The molecule has 90 valence electrons. The molecule has 4 heteroatoms. The van der Waals surface area contributed by atoms with Crippen LogP contribution < -0.4 is 5.32 Å². The van der Waals surface area contributed by atoms with E-state index in [2.05, 4.69) is 31.1 Å². The molecule has 2 N–H and O–H groups in total. The second-order valence-corrected chi connectivity index (χ2v) is 6.61. The highest BCUT2D eigenvalue weighted by Gasteiger charge is 2.25. The van der Waals surface area contributed by atoms with Crippen molar-refractivity contribution in [3.63, 3.8) is 0 Å². The molecule has 0 aliphatic heterocycles. The Morgan fingerprint density at radius 3 is 2.62 bits per heavy atom. The molecule has 1 aromatic rings. The van der Waals surface area contributed by atoms with Gasteiger partial charge in [0.25, 0.3) is 0 Å². The average molecular weight is 240 g/mol. The molecule has 1 aliphatic rings. The maximum atomic E-state index is 9.16. The molecule has 1 saturated carbocycles. The van der Waals surface area contributed by atoms with E-state index in [9.17, 15) is 0 Å². The van der Waals surface area contributed by atoms with Crippen molar-refractivity contribution < 1.29 is 5.11 Å². The maximum absolute atomic E-state index is 9.16. The Kier molecular flexibility index (Phi) is 3.33. The van der Waals surface area contributed by atoms with Gasteiger partial charge in [-0.25, -0.2) is 4.98 Å². The minimum atomic E-state index is 0.0528. The molecule has 2 rings (SSSR count). The first-order chi connectivity index (χ1) is 7.50. The molecule has 1 fully saturated rings. The Morgan fingerprint density at radius 2 is 2.12 bits per heavy atom. The van der Waals surface area contributed by atoms with Crippen LogP contribution in [0.5, 0.6) is 0 Å². The van der Waals surface area contributed by atoms with Gasteiger partial charge in [-0.15, -0.1) is 11.3 Å². The highest BCUT2D eigenvalue weighted by Crippen LogP contribution is 2.30. The van der Waals surface area contributed by atoms with Crippen molar-refractivity contribution >= 4 is 11.3 Å². The topological polar surface area (TPSA) is 45.2 Å². The zero-order valence-electron chi connectivity index (χ0n) is 10.2. The third kappa shape index (κ3) is 2.81. The minimum Gasteiger partial charge on any atom is -0.389 e. The molecular weight excluding hydrogens is 220 g/mol. The van der Waals surface area contributed by atoms with Gasteiger partial charge in [0.2, 0.25) is 0 Å². The van der Waals surface area contributed by atoms with Crippen LogP contribution in [0, 0.1) is 0 Å². The molecule has 0 bridgehead atoms. The third-order valence-corrected chi connectivity index (χ3v) is 3.76. The number of aliphatic hydroxyl groups excluding tert-OH is 1. The summed E-state index contributed by atoms with van der Waals surface area (Å²) in [5.41, 5.74) is 1.19. The number of hydrogen-bond donors (Lipinski definition) is 2. The van der Waals surface area contributed by atoms with Crippen LogP contribution in [0.4, 0.5) is 0 Å². The van der Waals surface area contributed by atoms with Crippen LogP contribution >= 0.6 is 11.3 Å². The van der Waals surface area contributed by atoms with E-state index >= 15 is 0 Å². The zero-order valence-corrected chi connectivity index (χ0v) is 11.0. The third-order valence-electron chi connectivity index (χ3n) is 2.72. The fourth-order valence-corrected chi connectivity index (χ4v) is 2.79. The Labute approximate surface area is 101 Å². The quantitative estimate of drug-likeness (QED) is 0.848. The molecule has 0 atom stereocenters. The Bertz CT molecular complexity index is 364. The molecule has 0 radical (unpaired) electrons. The van der Waals surface area contributed by atoms with Gasteiger partial charge < -0.3 is 10.4 Å². The van der Waals surface area contributed by atoms with Gasteiger partial charge in [-0.1, -0.05) is 20.8 Å². The van der Waals surface area contributed by atoms with Gasteiger partial charge in [-0.05, 0) is 12.8 Å². The van der Waals surface area contributed by atoms with E-state index in [0.717, 1.165) is 17.2 Å². The van der Waals surface area contributed by atoms with E-state index in [0.29, 0.717) is 6.04 Å². The Morgan fingerprint density at radius 1 is 1.44 bits per heavy atom. The summed E-state index contributed by atoms with van der Waals surface area (Å²) >= 11 is 1.63. The van der Waals surface area contributed by atoms with Crippen LogP contribution in [0.25, 0.3) is 0 Å². The predicted octanol–water partition coefficient (Wildman–Crippen LogP) is 2.18. The minimum absolute atomic E-state index is 0.0528. The molecule has 0 amide bonds. The zero-order chi connectivity index (χ0) is 11.8. The second kappa shape index (κ2) is 4.43. The summed E-state index contributed by atoms with van der Waals surface area (Å²) in [5, 5.41) is 13.5. The van der Waals surface area contributed by atoms with Gasteiger partial charge in [0.15, 0.2) is 0 Å². The first-order valence-corrected chi connectivity index (χ1v) is 6.65. The predicted molar refractivity (Wildman–Crippen MR) is 66.6 cm³/mol. The van der Waals surface area contributed by atoms with Gasteiger partial charge in [-0.2, -0.15) is 0 Å². The lowest BCUT2D eigenvalue weighted by atomic mass is 9.91. The number of hydrogen-bond acceptors (Lipinski definition) is 4. The summed E-state index contributed by atoms with van der Waals surface area (Å²) in [7, 11) is 0. The number of rotatable bonds is 4. The van der Waals surface area contributed by atoms with E-state index in [1.54, 1.807) is 11.3 Å². The normalized spacial score (nSPS) is 16.8. The van der Waals surface area contributed by atoms with Crippen molar-refractivity contribution in [3.8, 4) is 0 Å². The number of aliphatic hydroxyl groups is 1. The molecule has 0 aromatic carbocycles. The highest BCUT2D eigenvalue weighted by molar-refractivity contribution is 7.11. The molecular formula is C12H20N2OS. The molecule has 3 nitrogen and oxygen atoms in total. The standard InChI is InChI=1S/C12H20N2OS/c1-12(2,3)11-9(6-13-8-4-5-8)16-10(7-15)14-11/h8,13,15H,4-7H2,1-3H3. The fourth-order valence-electron chi connectivity index (χ4n) is 1.70. The summed E-state index contributed by atoms with van der Waals surface area (Å²) < 4.78 is 0. The van der Waals surface area contributed by atoms with E-state index in [-0.39, 0.29) is 12.0 Å². The fraction of sp³-hybridized carbons (Fsp3) is 0.750. The second-order valence-electron chi connectivity index (χ2n) is 5.44. The molecule has 0 saturated heterocycles. The molecule has 1 aromatic heterocycles. The lowest BCUT2D eigenvalue weighted by Crippen LogP contribution is -2.19. The van der Waals surface area contributed by atoms with Crippen molar-refractivity contribution in [2.75, 3.05) is 0 Å². The van der Waals surface area contributed by atoms with Gasteiger partial charge in [0.1, 0.15) is 5.01 Å². The number of nitrogens with zero attached hydrogens (tertiary/aromatic N) is 1. The maximum Gasteiger partial charge on any atom is 0.119 e. The first-order valence-electron chi connectivity index (χ1n) is 5.84. The van der Waals surface area contributed by atoms with Crippen LogP contribution in [0.15, 0.2) is 0 Å². The van der Waals surface area contributed by atoms with E-state index in [4.69, 9.17) is 5.11 Å². The van der Waals surface area contributed by atoms with E-state index in [1.807, 2.05) is 0 Å². The van der Waals surface area contributed by atoms with Gasteiger partial charge >= 0.3 is 0 Å². The van der Waals surface area contributed by atoms with Crippen molar-refractivity contribution in [2.45, 2.75) is 58.2 Å². The summed E-state index contributed by atoms with van der Waals surface area (Å²) in [6.45, 7) is 7.46. The molecule has 1 heterocycles. The SMILES string of the molecule is CC(C)(C)c1nc(CO)sc1CNC1CC1. The van der Waals surface area contributed by atoms with Gasteiger partial charge in [-0.3, -0.25) is 0 Å². The largest absolute Gasteiger partial charge is 0.389 e. The molecule has 16 heavy (non-hydrogen) atoms. The Hall–Kier alpha value is -0.450. The highest BCUT2D eigenvalue weighted by atomic mass is 32.1. The summed E-state index contributed by atoms with van der Waals surface area (Å²) in [4.78, 5) is 5.81. The smallest absolute Gasteiger partial charge is 0.119 e. The lowest BCUT2D eigenvalue weighted by molar-refractivity contribution is 0.280. The molecule has 0 spiro atoms. The van der Waals surface area contributed by atoms with E-state index < -0.39 is 0 Å². The summed E-state index contributed by atoms with van der Waals surface area (Å²) in [6.07, 6.45) is 2.60. The average Bonchev–Trinajstić information content (AvgIpc) is 2.92. The van der Waals surface area contributed by atoms with Crippen LogP contribution in [-0.4, -0.2) is 16.1 Å². The monoisotopic (exact) mass is 240 g/mol. The molecule has 0 unspecified atom stereocenters. The van der Waals surface area contributed by atoms with Crippen molar-refractivity contribution in [3.05, 3.63) is 15.6 Å². The Balaban J connectivity index is 2.15. The summed E-state index contributed by atoms with van der Waals surface area (Å²) in [6, 6.07) is 0.715. The van der Waals surface area contributed by atoms with E-state index in [1.165, 1.54) is 17.7 Å². The number of aromatic nitrogens is 1. The number of thiazole rings is 1. The summed E-state index contributed by atoms with van der Waals surface area (Å²) in [5.74, 6) is 0. The van der Waals surface area contributed by atoms with Crippen LogP contribution in [-0.2, 0) is 18.6 Å². The van der Waals surface area contributed by atoms with Crippen molar-refractivity contribution in [1.29, 1.82) is 0 Å². The van der Waals surface area contributed by atoms with Crippen molar-refractivity contribution in [2.24, 2.45) is 0 Å². The van der Waals surface area contributed by atoms with Crippen LogP contribution in [0.2, 0.25) is 0 Å². The van der Waals surface area contributed by atoms with Crippen molar-refractivity contribution in [1.82, 2.24) is 10.3 Å². The van der Waals surface area contributed by atoms with Crippen LogP contribution in [0.1, 0.15) is 49.2 Å². The van der Waals surface area contributed by atoms with Gasteiger partial charge in [0.05, 0.1) is 12.3 Å². The lowest BCUT2D eigenvalue weighted by Gasteiger charge is -2.17. The van der Waals surface area contributed by atoms with Gasteiger partial charge in [0, 0.05) is 22.9 Å². The number of nitrogens with one attached hydrogen (secondary N) is 1.